The number of halogens is 1. The fraction of sp³-hybridized carbons (Fsp3) is 0.300. The van der Waals surface area contributed by atoms with Gasteiger partial charge in [0, 0.05) is 34.8 Å². The molecule has 0 aromatic heterocycles. The minimum atomic E-state index is -0.0777. The highest BCUT2D eigenvalue weighted by molar-refractivity contribution is 9.10. The van der Waals surface area contributed by atoms with Gasteiger partial charge in [0.25, 0.3) is 0 Å². The number of methoxy groups -OCH3 is 2. The summed E-state index contributed by atoms with van der Waals surface area (Å²) >= 11 is 3.44. The molecule has 5 nitrogen and oxygen atoms in total. The van der Waals surface area contributed by atoms with Crippen LogP contribution in [0.1, 0.15) is 28.4 Å². The molecule has 26 heavy (non-hydrogen) atoms. The first kappa shape index (κ1) is 20.0. The second-order valence-electron chi connectivity index (χ2n) is 5.97. The number of rotatable bonds is 7. The minimum Gasteiger partial charge on any atom is -0.496 e. The van der Waals surface area contributed by atoms with E-state index >= 15 is 0 Å². The molecule has 0 heterocycles. The number of ketones is 1. The van der Waals surface area contributed by atoms with Gasteiger partial charge < -0.3 is 14.4 Å². The predicted octanol–water partition coefficient (Wildman–Crippen LogP) is 3.87. The van der Waals surface area contributed by atoms with Gasteiger partial charge in [0.2, 0.25) is 5.91 Å². The second-order valence-corrected chi connectivity index (χ2v) is 6.88. The van der Waals surface area contributed by atoms with Crippen molar-refractivity contribution in [1.29, 1.82) is 0 Å². The van der Waals surface area contributed by atoms with Crippen LogP contribution in [-0.2, 0) is 17.8 Å². The summed E-state index contributed by atoms with van der Waals surface area (Å²) in [5, 5.41) is 0. The highest BCUT2D eigenvalue weighted by Crippen LogP contribution is 2.25. The van der Waals surface area contributed by atoms with Crippen molar-refractivity contribution in [2.24, 2.45) is 0 Å². The van der Waals surface area contributed by atoms with Crippen molar-refractivity contribution in [3.05, 3.63) is 57.6 Å². The normalized spacial score (nSPS) is 10.3. The van der Waals surface area contributed by atoms with Crippen LogP contribution in [0.3, 0.4) is 0 Å². The van der Waals surface area contributed by atoms with Gasteiger partial charge in [-0.05, 0) is 43.3 Å². The molecule has 0 fully saturated rings. The van der Waals surface area contributed by atoms with Crippen LogP contribution in [0.25, 0.3) is 0 Å². The lowest BCUT2D eigenvalue weighted by Crippen LogP contribution is -2.28. The van der Waals surface area contributed by atoms with E-state index in [-0.39, 0.29) is 18.1 Å². The van der Waals surface area contributed by atoms with Crippen molar-refractivity contribution in [3.8, 4) is 11.5 Å². The number of ether oxygens (including phenoxy) is 2. The van der Waals surface area contributed by atoms with E-state index < -0.39 is 0 Å². The number of carbonyl (C=O) groups is 2. The molecule has 6 heteroatoms. The summed E-state index contributed by atoms with van der Waals surface area (Å²) in [6.45, 7) is 1.91. The Hall–Kier alpha value is -2.34. The van der Waals surface area contributed by atoms with Gasteiger partial charge in [0.05, 0.1) is 20.6 Å². The maximum absolute atomic E-state index is 12.7. The molecule has 0 saturated heterocycles. The Morgan fingerprint density at radius 2 is 1.62 bits per heavy atom. The van der Waals surface area contributed by atoms with Gasteiger partial charge in [-0.15, -0.1) is 0 Å². The number of benzene rings is 2. The number of amides is 1. The number of likely N-dealkylation sites (N-methyl/N-ethyl adjacent to an activating group) is 1. The van der Waals surface area contributed by atoms with Crippen LogP contribution in [0.2, 0.25) is 0 Å². The summed E-state index contributed by atoms with van der Waals surface area (Å²) in [5.74, 6) is 1.19. The van der Waals surface area contributed by atoms with Crippen LogP contribution in [0.4, 0.5) is 0 Å². The first-order chi connectivity index (χ1) is 12.3. The van der Waals surface area contributed by atoms with E-state index in [0.29, 0.717) is 23.4 Å². The van der Waals surface area contributed by atoms with Crippen molar-refractivity contribution in [2.45, 2.75) is 19.9 Å². The Bertz CT molecular complexity index is 819. The van der Waals surface area contributed by atoms with E-state index in [1.165, 1.54) is 6.92 Å². The molecule has 138 valence electrons. The standard InChI is InChI=1S/C20H22BrNO4/c1-13(23)14-5-7-18(25-3)15(9-14)11-20(24)22(2)12-16-10-17(21)6-8-19(16)26-4/h5-10H,11-12H2,1-4H3. The fourth-order valence-corrected chi connectivity index (χ4v) is 3.06. The topological polar surface area (TPSA) is 55.8 Å². The van der Waals surface area contributed by atoms with Crippen LogP contribution in [0, 0.1) is 0 Å². The zero-order valence-electron chi connectivity index (χ0n) is 15.3. The monoisotopic (exact) mass is 419 g/mol. The SMILES string of the molecule is COc1ccc(C(C)=O)cc1CC(=O)N(C)Cc1cc(Br)ccc1OC. The van der Waals surface area contributed by atoms with Crippen molar-refractivity contribution in [3.63, 3.8) is 0 Å². The molecule has 0 aliphatic heterocycles. The quantitative estimate of drug-likeness (QED) is 0.639. The Balaban J connectivity index is 2.18. The highest BCUT2D eigenvalue weighted by atomic mass is 79.9. The molecule has 2 aromatic carbocycles. The van der Waals surface area contributed by atoms with Crippen LogP contribution < -0.4 is 9.47 Å². The zero-order valence-corrected chi connectivity index (χ0v) is 16.9. The molecule has 0 N–H and O–H groups in total. The van der Waals surface area contributed by atoms with Gasteiger partial charge in [-0.2, -0.15) is 0 Å². The summed E-state index contributed by atoms with van der Waals surface area (Å²) in [4.78, 5) is 25.9. The minimum absolute atomic E-state index is 0.0476. The Labute approximate surface area is 162 Å². The fourth-order valence-electron chi connectivity index (χ4n) is 2.65. The first-order valence-electron chi connectivity index (χ1n) is 8.10. The molecule has 1 amide bonds. The average Bonchev–Trinajstić information content (AvgIpc) is 2.61. The molecule has 0 saturated carbocycles. The Kier molecular flexibility index (Phi) is 6.80. The van der Waals surface area contributed by atoms with Gasteiger partial charge >= 0.3 is 0 Å². The number of Topliss-reactive ketones (excluding diaryl/α,β-unsaturated/α-hetero) is 1. The largest absolute Gasteiger partial charge is 0.496 e. The van der Waals surface area contributed by atoms with Crippen LogP contribution in [0.15, 0.2) is 40.9 Å². The van der Waals surface area contributed by atoms with Crippen LogP contribution in [0.5, 0.6) is 11.5 Å². The van der Waals surface area contributed by atoms with Crippen LogP contribution in [-0.4, -0.2) is 37.9 Å². The average molecular weight is 420 g/mol. The molecule has 0 unspecified atom stereocenters. The lowest BCUT2D eigenvalue weighted by Gasteiger charge is -2.20. The molecule has 0 atom stereocenters. The maximum Gasteiger partial charge on any atom is 0.227 e. The molecule has 2 rings (SSSR count). The molecule has 0 aliphatic rings. The first-order valence-corrected chi connectivity index (χ1v) is 8.89. The molecule has 0 aliphatic carbocycles. The van der Waals surface area contributed by atoms with E-state index in [9.17, 15) is 9.59 Å². The van der Waals surface area contributed by atoms with Gasteiger partial charge in [-0.1, -0.05) is 15.9 Å². The summed E-state index contributed by atoms with van der Waals surface area (Å²) < 4.78 is 11.6. The zero-order chi connectivity index (χ0) is 19.3. The second kappa shape index (κ2) is 8.85. The third-order valence-electron chi connectivity index (χ3n) is 4.10. The molecule has 2 aromatic rings. The van der Waals surface area contributed by atoms with Crippen LogP contribution >= 0.6 is 15.9 Å². The smallest absolute Gasteiger partial charge is 0.227 e. The van der Waals surface area contributed by atoms with E-state index in [0.717, 1.165) is 15.8 Å². The molecule has 0 radical (unpaired) electrons. The third kappa shape index (κ3) is 4.85. The van der Waals surface area contributed by atoms with E-state index in [1.807, 2.05) is 18.2 Å². The van der Waals surface area contributed by atoms with Crippen molar-refractivity contribution < 1.29 is 19.1 Å². The van der Waals surface area contributed by atoms with E-state index in [4.69, 9.17) is 9.47 Å². The predicted molar refractivity (Wildman–Crippen MR) is 104 cm³/mol. The molecule has 0 bridgehead atoms. The highest BCUT2D eigenvalue weighted by Gasteiger charge is 2.16. The summed E-state index contributed by atoms with van der Waals surface area (Å²) in [7, 11) is 4.89. The van der Waals surface area contributed by atoms with Crippen molar-refractivity contribution in [2.75, 3.05) is 21.3 Å². The van der Waals surface area contributed by atoms with E-state index in [1.54, 1.807) is 44.4 Å². The number of hydrogen-bond acceptors (Lipinski definition) is 4. The summed E-state index contributed by atoms with van der Waals surface area (Å²) in [6.07, 6.45) is 0.150. The third-order valence-corrected chi connectivity index (χ3v) is 4.60. The number of hydrogen-bond donors (Lipinski definition) is 0. The van der Waals surface area contributed by atoms with Gasteiger partial charge in [-0.25, -0.2) is 0 Å². The van der Waals surface area contributed by atoms with Crippen molar-refractivity contribution in [1.82, 2.24) is 4.90 Å². The summed E-state index contributed by atoms with van der Waals surface area (Å²) in [6, 6.07) is 10.8. The molecular formula is C20H22BrNO4. The van der Waals surface area contributed by atoms with Gasteiger partial charge in [0.15, 0.2) is 5.78 Å². The lowest BCUT2D eigenvalue weighted by atomic mass is 10.0. The number of nitrogens with zero attached hydrogens (tertiary/aromatic N) is 1. The molecule has 0 spiro atoms. The Morgan fingerprint density at radius 1 is 1.00 bits per heavy atom. The van der Waals surface area contributed by atoms with E-state index in [2.05, 4.69) is 15.9 Å². The van der Waals surface area contributed by atoms with Gasteiger partial charge in [0.1, 0.15) is 11.5 Å². The van der Waals surface area contributed by atoms with Gasteiger partial charge in [-0.3, -0.25) is 9.59 Å². The van der Waals surface area contributed by atoms with Crippen molar-refractivity contribution >= 4 is 27.6 Å². The number of carbonyl (C=O) groups excluding carboxylic acids is 2. The lowest BCUT2D eigenvalue weighted by molar-refractivity contribution is -0.129. The maximum atomic E-state index is 12.7. The molecular weight excluding hydrogens is 398 g/mol. The summed E-state index contributed by atoms with van der Waals surface area (Å²) in [5.41, 5.74) is 2.16. The Morgan fingerprint density at radius 3 is 2.23 bits per heavy atom.